The van der Waals surface area contributed by atoms with Gasteiger partial charge >= 0.3 is 0 Å². The minimum absolute atomic E-state index is 0.101. The summed E-state index contributed by atoms with van der Waals surface area (Å²) in [7, 11) is 0. The van der Waals surface area contributed by atoms with Crippen molar-refractivity contribution in [1.82, 2.24) is 15.3 Å². The Bertz CT molecular complexity index is 847. The summed E-state index contributed by atoms with van der Waals surface area (Å²) in [5.74, 6) is 0.0891. The van der Waals surface area contributed by atoms with E-state index < -0.39 is 5.92 Å². The molecule has 1 heterocycles. The van der Waals surface area contributed by atoms with Crippen molar-refractivity contribution in [2.24, 2.45) is 0 Å². The summed E-state index contributed by atoms with van der Waals surface area (Å²) in [5, 5.41) is 2.91. The monoisotopic (exact) mass is 351 g/mol. The number of benzene rings is 2. The van der Waals surface area contributed by atoms with Crippen molar-refractivity contribution in [2.75, 3.05) is 6.54 Å². The van der Waals surface area contributed by atoms with Gasteiger partial charge in [0.05, 0.1) is 5.92 Å². The first-order chi connectivity index (χ1) is 12.6. The van der Waals surface area contributed by atoms with Gasteiger partial charge in [-0.2, -0.15) is 0 Å². The Hall–Kier alpha value is -2.95. The van der Waals surface area contributed by atoms with Gasteiger partial charge < -0.3 is 10.3 Å². The Labute approximate surface area is 152 Å². The molecule has 1 amide bonds. The minimum Gasteiger partial charge on any atom is -0.356 e. The fourth-order valence-electron chi connectivity index (χ4n) is 2.86. The van der Waals surface area contributed by atoms with Gasteiger partial charge in [-0.1, -0.05) is 42.5 Å². The second-order valence-corrected chi connectivity index (χ2v) is 6.26. The molecule has 1 unspecified atom stereocenters. The van der Waals surface area contributed by atoms with E-state index in [9.17, 15) is 9.18 Å². The second-order valence-electron chi connectivity index (χ2n) is 6.26. The smallest absolute Gasteiger partial charge is 0.227 e. The van der Waals surface area contributed by atoms with Crippen molar-refractivity contribution in [3.63, 3.8) is 0 Å². The molecule has 0 aliphatic heterocycles. The van der Waals surface area contributed by atoms with Crippen molar-refractivity contribution >= 4 is 5.91 Å². The van der Waals surface area contributed by atoms with Crippen LogP contribution in [0.25, 0.3) is 11.1 Å². The molecule has 0 radical (unpaired) electrons. The molecular weight excluding hydrogens is 329 g/mol. The SMILES string of the molecule is CC(C(=O)NCCCc1ncc[nH]1)c1ccc(-c2ccccc2)c(F)c1. The summed E-state index contributed by atoms with van der Waals surface area (Å²) in [4.78, 5) is 19.5. The van der Waals surface area contributed by atoms with Gasteiger partial charge in [0.1, 0.15) is 11.6 Å². The Kier molecular flexibility index (Phi) is 5.79. The van der Waals surface area contributed by atoms with Crippen LogP contribution < -0.4 is 5.32 Å². The summed E-state index contributed by atoms with van der Waals surface area (Å²) in [6.45, 7) is 2.35. The van der Waals surface area contributed by atoms with Crippen LogP contribution in [-0.4, -0.2) is 22.4 Å². The first-order valence-electron chi connectivity index (χ1n) is 8.76. The van der Waals surface area contributed by atoms with Crippen LogP contribution in [0.5, 0.6) is 0 Å². The van der Waals surface area contributed by atoms with Crippen LogP contribution in [0.15, 0.2) is 60.9 Å². The predicted molar refractivity (Wildman–Crippen MR) is 100 cm³/mol. The minimum atomic E-state index is -0.405. The average Bonchev–Trinajstić information content (AvgIpc) is 3.18. The Morgan fingerprint density at radius 2 is 2.04 bits per heavy atom. The topological polar surface area (TPSA) is 57.8 Å². The first kappa shape index (κ1) is 17.9. The highest BCUT2D eigenvalue weighted by Crippen LogP contribution is 2.26. The number of aromatic nitrogens is 2. The largest absolute Gasteiger partial charge is 0.356 e. The Balaban J connectivity index is 1.57. The van der Waals surface area contributed by atoms with Gasteiger partial charge in [0.25, 0.3) is 0 Å². The van der Waals surface area contributed by atoms with Gasteiger partial charge in [0.15, 0.2) is 0 Å². The maximum atomic E-state index is 14.5. The quantitative estimate of drug-likeness (QED) is 0.631. The highest BCUT2D eigenvalue weighted by molar-refractivity contribution is 5.83. The molecule has 0 fully saturated rings. The molecule has 134 valence electrons. The predicted octanol–water partition coefficient (Wildman–Crippen LogP) is 4.07. The summed E-state index contributed by atoms with van der Waals surface area (Å²) in [6, 6.07) is 14.4. The van der Waals surface area contributed by atoms with Gasteiger partial charge in [0.2, 0.25) is 5.91 Å². The fraction of sp³-hybridized carbons (Fsp3) is 0.238. The van der Waals surface area contributed by atoms with Crippen molar-refractivity contribution in [3.8, 4) is 11.1 Å². The molecule has 0 saturated carbocycles. The number of aromatic amines is 1. The second kappa shape index (κ2) is 8.43. The molecule has 0 saturated heterocycles. The number of imidazole rings is 1. The lowest BCUT2D eigenvalue weighted by atomic mass is 9.96. The summed E-state index contributed by atoms with van der Waals surface area (Å²) >= 11 is 0. The van der Waals surface area contributed by atoms with Crippen molar-refractivity contribution in [3.05, 3.63) is 78.1 Å². The van der Waals surface area contributed by atoms with Crippen molar-refractivity contribution in [2.45, 2.75) is 25.7 Å². The van der Waals surface area contributed by atoms with Crippen LogP contribution in [0.4, 0.5) is 4.39 Å². The zero-order valence-corrected chi connectivity index (χ0v) is 14.7. The highest BCUT2D eigenvalue weighted by atomic mass is 19.1. The molecular formula is C21H22FN3O. The Morgan fingerprint density at radius 1 is 1.23 bits per heavy atom. The van der Waals surface area contributed by atoms with Crippen LogP contribution >= 0.6 is 0 Å². The van der Waals surface area contributed by atoms with Crippen LogP contribution in [0.1, 0.15) is 30.7 Å². The van der Waals surface area contributed by atoms with Gasteiger partial charge in [0, 0.05) is 30.9 Å². The van der Waals surface area contributed by atoms with Crippen LogP contribution in [-0.2, 0) is 11.2 Å². The van der Waals surface area contributed by atoms with E-state index in [0.717, 1.165) is 24.2 Å². The van der Waals surface area contributed by atoms with Gasteiger partial charge in [-0.15, -0.1) is 0 Å². The number of halogens is 1. The third kappa shape index (κ3) is 4.36. The number of carbonyl (C=O) groups is 1. The third-order valence-electron chi connectivity index (χ3n) is 4.42. The number of hydrogen-bond donors (Lipinski definition) is 2. The number of rotatable bonds is 7. The van der Waals surface area contributed by atoms with E-state index in [0.29, 0.717) is 17.7 Å². The van der Waals surface area contributed by atoms with E-state index in [4.69, 9.17) is 0 Å². The molecule has 2 aromatic carbocycles. The maximum Gasteiger partial charge on any atom is 0.227 e. The molecule has 4 nitrogen and oxygen atoms in total. The van der Waals surface area contributed by atoms with E-state index in [2.05, 4.69) is 15.3 Å². The van der Waals surface area contributed by atoms with Gasteiger partial charge in [-0.25, -0.2) is 9.37 Å². The van der Waals surface area contributed by atoms with E-state index >= 15 is 0 Å². The fourth-order valence-corrected chi connectivity index (χ4v) is 2.86. The lowest BCUT2D eigenvalue weighted by molar-refractivity contribution is -0.122. The highest BCUT2D eigenvalue weighted by Gasteiger charge is 2.17. The molecule has 0 aliphatic rings. The number of amides is 1. The number of aryl methyl sites for hydroxylation is 1. The zero-order valence-electron chi connectivity index (χ0n) is 14.7. The van der Waals surface area contributed by atoms with Gasteiger partial charge in [-0.3, -0.25) is 4.79 Å². The Morgan fingerprint density at radius 3 is 2.73 bits per heavy atom. The third-order valence-corrected chi connectivity index (χ3v) is 4.42. The average molecular weight is 351 g/mol. The van der Waals surface area contributed by atoms with E-state index in [1.807, 2.05) is 36.4 Å². The lowest BCUT2D eigenvalue weighted by Gasteiger charge is -2.14. The zero-order chi connectivity index (χ0) is 18.4. The molecule has 26 heavy (non-hydrogen) atoms. The van der Waals surface area contributed by atoms with Gasteiger partial charge in [-0.05, 0) is 30.5 Å². The number of carbonyl (C=O) groups excluding carboxylic acids is 1. The number of H-pyrrole nitrogens is 1. The van der Waals surface area contributed by atoms with Crippen LogP contribution in [0.2, 0.25) is 0 Å². The number of hydrogen-bond acceptors (Lipinski definition) is 2. The number of nitrogens with zero attached hydrogens (tertiary/aromatic N) is 1. The van der Waals surface area contributed by atoms with Crippen molar-refractivity contribution < 1.29 is 9.18 Å². The van der Waals surface area contributed by atoms with E-state index in [-0.39, 0.29) is 11.7 Å². The molecule has 3 aromatic rings. The summed E-state index contributed by atoms with van der Waals surface area (Å²) in [5.41, 5.74) is 2.04. The summed E-state index contributed by atoms with van der Waals surface area (Å²) < 4.78 is 14.5. The molecule has 5 heteroatoms. The van der Waals surface area contributed by atoms with Crippen LogP contribution in [0.3, 0.4) is 0 Å². The molecule has 3 rings (SSSR count). The van der Waals surface area contributed by atoms with Crippen LogP contribution in [0, 0.1) is 5.82 Å². The molecule has 1 aromatic heterocycles. The number of nitrogens with one attached hydrogen (secondary N) is 2. The molecule has 1 atom stereocenters. The van der Waals surface area contributed by atoms with Crippen molar-refractivity contribution in [1.29, 1.82) is 0 Å². The maximum absolute atomic E-state index is 14.5. The molecule has 0 aliphatic carbocycles. The van der Waals surface area contributed by atoms with E-state index in [1.54, 1.807) is 25.4 Å². The van der Waals surface area contributed by atoms with E-state index in [1.165, 1.54) is 6.07 Å². The molecule has 2 N–H and O–H groups in total. The first-order valence-corrected chi connectivity index (χ1v) is 8.76. The molecule has 0 bridgehead atoms. The normalized spacial score (nSPS) is 11.9. The lowest BCUT2D eigenvalue weighted by Crippen LogP contribution is -2.29. The standard InChI is InChI=1S/C21H22FN3O/c1-15(21(26)25-11-5-8-20-23-12-13-24-20)17-9-10-18(19(22)14-17)16-6-3-2-4-7-16/h2-4,6-7,9-10,12-15H,5,8,11H2,1H3,(H,23,24)(H,25,26). The molecule has 0 spiro atoms. The summed E-state index contributed by atoms with van der Waals surface area (Å²) in [6.07, 6.45) is 5.07.